The van der Waals surface area contributed by atoms with Gasteiger partial charge in [-0.25, -0.2) is 0 Å². The van der Waals surface area contributed by atoms with Gasteiger partial charge < -0.3 is 0 Å². The third-order valence-electron chi connectivity index (χ3n) is 3.00. The lowest BCUT2D eigenvalue weighted by Crippen LogP contribution is -1.95. The Morgan fingerprint density at radius 2 is 1.94 bits per heavy atom. The first-order valence-corrected chi connectivity index (χ1v) is 7.71. The lowest BCUT2D eigenvalue weighted by molar-refractivity contribution is 0.957. The molecule has 0 nitrogen and oxygen atoms in total. The zero-order chi connectivity index (χ0) is 12.3. The standard InChI is InChI=1S/C15H17BrS/c1-3-13-8-9-15(17-13)14(16)10-12-7-5-4-6-11(12)2/h4-9,14H,3,10H2,1-2H3. The van der Waals surface area contributed by atoms with Crippen LogP contribution in [0.4, 0.5) is 0 Å². The predicted octanol–water partition coefficient (Wildman–Crippen LogP) is 5.30. The maximum Gasteiger partial charge on any atom is 0.0529 e. The van der Waals surface area contributed by atoms with Gasteiger partial charge in [0.25, 0.3) is 0 Å². The Labute approximate surface area is 116 Å². The minimum absolute atomic E-state index is 0.439. The second-order valence-corrected chi connectivity index (χ2v) is 6.56. The Hall–Kier alpha value is -0.600. The Balaban J connectivity index is 2.11. The van der Waals surface area contributed by atoms with Crippen molar-refractivity contribution in [2.45, 2.75) is 31.5 Å². The Morgan fingerprint density at radius 3 is 2.59 bits per heavy atom. The largest absolute Gasteiger partial charge is 0.144 e. The second-order valence-electron chi connectivity index (χ2n) is 4.26. The molecule has 2 heteroatoms. The van der Waals surface area contributed by atoms with Crippen molar-refractivity contribution in [1.29, 1.82) is 0 Å². The van der Waals surface area contributed by atoms with Gasteiger partial charge in [-0.05, 0) is 43.0 Å². The molecule has 1 heterocycles. The molecule has 2 aromatic rings. The lowest BCUT2D eigenvalue weighted by atomic mass is 10.0. The highest BCUT2D eigenvalue weighted by atomic mass is 79.9. The van der Waals surface area contributed by atoms with Crippen molar-refractivity contribution in [1.82, 2.24) is 0 Å². The number of thiophene rings is 1. The van der Waals surface area contributed by atoms with E-state index in [0.29, 0.717) is 4.83 Å². The molecule has 1 atom stereocenters. The SMILES string of the molecule is CCc1ccc(C(Br)Cc2ccccc2C)s1. The number of halogens is 1. The fourth-order valence-corrected chi connectivity index (χ4v) is 3.60. The average molecular weight is 309 g/mol. The third kappa shape index (κ3) is 3.20. The van der Waals surface area contributed by atoms with Gasteiger partial charge in [0.1, 0.15) is 0 Å². The molecule has 0 bridgehead atoms. The number of rotatable bonds is 4. The number of benzene rings is 1. The van der Waals surface area contributed by atoms with Crippen LogP contribution in [0.2, 0.25) is 0 Å². The van der Waals surface area contributed by atoms with Crippen LogP contribution in [0.3, 0.4) is 0 Å². The fourth-order valence-electron chi connectivity index (χ4n) is 1.89. The highest BCUT2D eigenvalue weighted by Crippen LogP contribution is 2.33. The minimum atomic E-state index is 0.439. The van der Waals surface area contributed by atoms with E-state index in [0.717, 1.165) is 12.8 Å². The predicted molar refractivity (Wildman–Crippen MR) is 80.2 cm³/mol. The van der Waals surface area contributed by atoms with Crippen LogP contribution in [0.5, 0.6) is 0 Å². The van der Waals surface area contributed by atoms with Gasteiger partial charge in [0.15, 0.2) is 0 Å². The summed E-state index contributed by atoms with van der Waals surface area (Å²) < 4.78 is 0. The molecule has 1 aromatic carbocycles. The van der Waals surface area contributed by atoms with Crippen LogP contribution < -0.4 is 0 Å². The maximum absolute atomic E-state index is 3.81. The van der Waals surface area contributed by atoms with E-state index in [9.17, 15) is 0 Å². The van der Waals surface area contributed by atoms with E-state index in [-0.39, 0.29) is 0 Å². The summed E-state index contributed by atoms with van der Waals surface area (Å²) in [5, 5.41) is 0. The van der Waals surface area contributed by atoms with E-state index in [1.807, 2.05) is 11.3 Å². The molecule has 0 aliphatic carbocycles. The summed E-state index contributed by atoms with van der Waals surface area (Å²) in [7, 11) is 0. The van der Waals surface area contributed by atoms with Crippen LogP contribution >= 0.6 is 27.3 Å². The summed E-state index contributed by atoms with van der Waals surface area (Å²) in [5.74, 6) is 0. The first-order valence-electron chi connectivity index (χ1n) is 5.98. The van der Waals surface area contributed by atoms with E-state index >= 15 is 0 Å². The first-order chi connectivity index (χ1) is 8.20. The molecule has 0 saturated carbocycles. The van der Waals surface area contributed by atoms with Crippen LogP contribution in [0.25, 0.3) is 0 Å². The van der Waals surface area contributed by atoms with Crippen molar-refractivity contribution in [3.05, 3.63) is 57.3 Å². The molecule has 0 radical (unpaired) electrons. The number of hydrogen-bond donors (Lipinski definition) is 0. The van der Waals surface area contributed by atoms with Gasteiger partial charge in [-0.3, -0.25) is 0 Å². The van der Waals surface area contributed by atoms with Gasteiger partial charge in [-0.2, -0.15) is 0 Å². The Kier molecular flexibility index (Phi) is 4.41. The molecule has 1 unspecified atom stereocenters. The second kappa shape index (κ2) is 5.83. The molecular formula is C15H17BrS. The summed E-state index contributed by atoms with van der Waals surface area (Å²) in [6.07, 6.45) is 2.20. The van der Waals surface area contributed by atoms with Gasteiger partial charge in [0.05, 0.1) is 4.83 Å². The number of hydrogen-bond acceptors (Lipinski definition) is 1. The van der Waals surface area contributed by atoms with Crippen LogP contribution in [-0.4, -0.2) is 0 Å². The first kappa shape index (κ1) is 12.8. The Morgan fingerprint density at radius 1 is 1.18 bits per heavy atom. The van der Waals surface area contributed by atoms with Crippen LogP contribution in [0, 0.1) is 6.92 Å². The van der Waals surface area contributed by atoms with Gasteiger partial charge >= 0.3 is 0 Å². The highest BCUT2D eigenvalue weighted by Gasteiger charge is 2.11. The zero-order valence-electron chi connectivity index (χ0n) is 10.2. The molecule has 0 amide bonds. The lowest BCUT2D eigenvalue weighted by Gasteiger charge is -2.10. The highest BCUT2D eigenvalue weighted by molar-refractivity contribution is 9.09. The Bertz CT molecular complexity index is 487. The quantitative estimate of drug-likeness (QED) is 0.673. The summed E-state index contributed by atoms with van der Waals surface area (Å²) in [5.41, 5.74) is 2.81. The van der Waals surface area contributed by atoms with Crippen LogP contribution in [0.1, 0.15) is 32.6 Å². The van der Waals surface area contributed by atoms with Gasteiger partial charge in [-0.15, -0.1) is 11.3 Å². The van der Waals surface area contributed by atoms with Crippen molar-refractivity contribution >= 4 is 27.3 Å². The molecule has 0 fully saturated rings. The van der Waals surface area contributed by atoms with Crippen molar-refractivity contribution in [3.63, 3.8) is 0 Å². The maximum atomic E-state index is 3.81. The van der Waals surface area contributed by atoms with Crippen molar-refractivity contribution in [3.8, 4) is 0 Å². The molecule has 1 aromatic heterocycles. The summed E-state index contributed by atoms with van der Waals surface area (Å²) in [6.45, 7) is 4.39. The topological polar surface area (TPSA) is 0 Å². The number of alkyl halides is 1. The van der Waals surface area contributed by atoms with Gasteiger partial charge in [0.2, 0.25) is 0 Å². The normalized spacial score (nSPS) is 12.6. The fraction of sp³-hybridized carbons (Fsp3) is 0.333. The summed E-state index contributed by atoms with van der Waals surface area (Å²) in [4.78, 5) is 3.34. The zero-order valence-corrected chi connectivity index (χ0v) is 12.6. The summed E-state index contributed by atoms with van der Waals surface area (Å²) in [6, 6.07) is 13.1. The molecule has 0 aliphatic rings. The monoisotopic (exact) mass is 308 g/mol. The van der Waals surface area contributed by atoms with Crippen molar-refractivity contribution < 1.29 is 0 Å². The molecule has 0 N–H and O–H groups in total. The van der Waals surface area contributed by atoms with Crippen LogP contribution in [0.15, 0.2) is 36.4 Å². The number of aryl methyl sites for hydroxylation is 2. The molecule has 90 valence electrons. The third-order valence-corrected chi connectivity index (χ3v) is 5.46. The molecule has 0 saturated heterocycles. The van der Waals surface area contributed by atoms with Crippen LogP contribution in [-0.2, 0) is 12.8 Å². The molecule has 0 aliphatic heterocycles. The van der Waals surface area contributed by atoms with Crippen molar-refractivity contribution in [2.75, 3.05) is 0 Å². The van der Waals surface area contributed by atoms with E-state index in [1.54, 1.807) is 0 Å². The molecular weight excluding hydrogens is 292 g/mol. The average Bonchev–Trinajstić information content (AvgIpc) is 2.81. The molecule has 2 rings (SSSR count). The van der Waals surface area contributed by atoms with E-state index in [4.69, 9.17) is 0 Å². The van der Waals surface area contributed by atoms with Gasteiger partial charge in [-0.1, -0.05) is 47.1 Å². The van der Waals surface area contributed by atoms with Crippen molar-refractivity contribution in [2.24, 2.45) is 0 Å². The van der Waals surface area contributed by atoms with E-state index in [1.165, 1.54) is 20.9 Å². The molecule has 0 spiro atoms. The van der Waals surface area contributed by atoms with E-state index < -0.39 is 0 Å². The summed E-state index contributed by atoms with van der Waals surface area (Å²) >= 11 is 5.73. The smallest absolute Gasteiger partial charge is 0.0529 e. The van der Waals surface area contributed by atoms with Gasteiger partial charge in [0, 0.05) is 9.75 Å². The molecule has 17 heavy (non-hydrogen) atoms. The van der Waals surface area contributed by atoms with E-state index in [2.05, 4.69) is 66.2 Å². The minimum Gasteiger partial charge on any atom is -0.144 e.